The Morgan fingerprint density at radius 1 is 1.58 bits per heavy atom. The van der Waals surface area contributed by atoms with Gasteiger partial charge in [-0.05, 0) is 32.2 Å². The fourth-order valence-electron chi connectivity index (χ4n) is 1.72. The van der Waals surface area contributed by atoms with Crippen molar-refractivity contribution < 1.29 is 9.90 Å². The molecular weight excluding hydrogens is 242 g/mol. The number of hydrogen-bond acceptors (Lipinski definition) is 4. The number of nitrogens with zero attached hydrogens (tertiary/aromatic N) is 2. The summed E-state index contributed by atoms with van der Waals surface area (Å²) in [5, 5.41) is 20.7. The Morgan fingerprint density at radius 2 is 2.32 bits per heavy atom. The topological polar surface area (TPSA) is 76.4 Å². The van der Waals surface area contributed by atoms with Crippen molar-refractivity contribution in [2.45, 2.75) is 19.4 Å². The van der Waals surface area contributed by atoms with E-state index in [9.17, 15) is 9.90 Å². The number of carbonyl (C=O) groups is 1. The summed E-state index contributed by atoms with van der Waals surface area (Å²) < 4.78 is 0. The highest BCUT2D eigenvalue weighted by molar-refractivity contribution is 5.90. The molecule has 5 nitrogen and oxygen atoms in total. The predicted molar refractivity (Wildman–Crippen MR) is 73.6 cm³/mol. The predicted octanol–water partition coefficient (Wildman–Crippen LogP) is 1.20. The first-order chi connectivity index (χ1) is 9.01. The summed E-state index contributed by atoms with van der Waals surface area (Å²) in [6, 6.07) is 8.83. The Morgan fingerprint density at radius 3 is 2.95 bits per heavy atom. The zero-order valence-electron chi connectivity index (χ0n) is 11.3. The van der Waals surface area contributed by atoms with Gasteiger partial charge >= 0.3 is 0 Å². The number of aliphatic hydroxyl groups excluding tert-OH is 1. The average Bonchev–Trinajstić information content (AvgIpc) is 2.36. The van der Waals surface area contributed by atoms with Gasteiger partial charge in [-0.15, -0.1) is 0 Å². The number of carbonyl (C=O) groups excluding carboxylic acids is 1. The molecule has 102 valence electrons. The molecule has 19 heavy (non-hydrogen) atoms. The van der Waals surface area contributed by atoms with Gasteiger partial charge in [0.1, 0.15) is 0 Å². The van der Waals surface area contributed by atoms with Gasteiger partial charge in [0.25, 0.3) is 0 Å². The van der Waals surface area contributed by atoms with Crippen molar-refractivity contribution in [3.63, 3.8) is 0 Å². The summed E-state index contributed by atoms with van der Waals surface area (Å²) in [5.41, 5.74) is 1.14. The van der Waals surface area contributed by atoms with E-state index in [0.717, 1.165) is 0 Å². The van der Waals surface area contributed by atoms with Crippen LogP contribution < -0.4 is 5.32 Å². The first-order valence-corrected chi connectivity index (χ1v) is 6.18. The molecule has 1 aromatic carbocycles. The second-order valence-corrected chi connectivity index (χ2v) is 4.60. The minimum absolute atomic E-state index is 0.104. The molecule has 0 saturated heterocycles. The smallest absolute Gasteiger partial charge is 0.225 e. The van der Waals surface area contributed by atoms with E-state index < -0.39 is 6.10 Å². The summed E-state index contributed by atoms with van der Waals surface area (Å²) in [5.74, 6) is -0.104. The van der Waals surface area contributed by atoms with Crippen LogP contribution in [0.4, 0.5) is 5.69 Å². The second-order valence-electron chi connectivity index (χ2n) is 4.60. The largest absolute Gasteiger partial charge is 0.392 e. The molecule has 1 rings (SSSR count). The lowest BCUT2D eigenvalue weighted by molar-refractivity contribution is -0.116. The molecule has 0 heterocycles. The highest BCUT2D eigenvalue weighted by Gasteiger charge is 2.07. The number of nitrogens with one attached hydrogen (secondary N) is 1. The number of nitriles is 1. The third kappa shape index (κ3) is 6.00. The van der Waals surface area contributed by atoms with Gasteiger partial charge in [-0.2, -0.15) is 5.26 Å². The van der Waals surface area contributed by atoms with E-state index in [0.29, 0.717) is 30.8 Å². The normalized spacial score (nSPS) is 11.9. The number of rotatable bonds is 6. The van der Waals surface area contributed by atoms with Crippen LogP contribution in [0.15, 0.2) is 24.3 Å². The second kappa shape index (κ2) is 7.52. The third-order valence-corrected chi connectivity index (χ3v) is 2.57. The highest BCUT2D eigenvalue weighted by Crippen LogP contribution is 2.10. The summed E-state index contributed by atoms with van der Waals surface area (Å²) in [7, 11) is 1.86. The Bertz CT molecular complexity index is 466. The molecule has 0 aliphatic rings. The lowest BCUT2D eigenvalue weighted by atomic mass is 10.2. The van der Waals surface area contributed by atoms with Crippen molar-refractivity contribution in [2.75, 3.05) is 25.5 Å². The maximum atomic E-state index is 11.7. The van der Waals surface area contributed by atoms with Crippen LogP contribution in [0, 0.1) is 11.3 Å². The number of amides is 1. The molecule has 1 amide bonds. The summed E-state index contributed by atoms with van der Waals surface area (Å²) in [4.78, 5) is 13.6. The maximum Gasteiger partial charge on any atom is 0.225 e. The zero-order valence-corrected chi connectivity index (χ0v) is 11.3. The molecule has 1 unspecified atom stereocenters. The number of aliphatic hydroxyl groups is 1. The molecule has 5 heteroatoms. The van der Waals surface area contributed by atoms with Gasteiger partial charge in [-0.3, -0.25) is 4.79 Å². The molecule has 2 N–H and O–H groups in total. The summed E-state index contributed by atoms with van der Waals surface area (Å²) in [6.45, 7) is 2.83. The molecule has 0 aliphatic carbocycles. The van der Waals surface area contributed by atoms with Crippen LogP contribution >= 0.6 is 0 Å². The first kappa shape index (κ1) is 15.2. The number of anilines is 1. The first-order valence-electron chi connectivity index (χ1n) is 6.18. The Balaban J connectivity index is 2.41. The van der Waals surface area contributed by atoms with Crippen LogP contribution in [0.25, 0.3) is 0 Å². The number of benzene rings is 1. The SMILES string of the molecule is CC(O)CN(C)CCC(=O)Nc1cccc(C#N)c1. The molecule has 1 atom stereocenters. The molecular formula is C14H19N3O2. The molecule has 0 bridgehead atoms. The fourth-order valence-corrected chi connectivity index (χ4v) is 1.72. The fraction of sp³-hybridized carbons (Fsp3) is 0.429. The number of hydrogen-bond donors (Lipinski definition) is 2. The maximum absolute atomic E-state index is 11.7. The molecule has 1 aromatic rings. The van der Waals surface area contributed by atoms with Crippen molar-refractivity contribution in [1.82, 2.24) is 4.90 Å². The third-order valence-electron chi connectivity index (χ3n) is 2.57. The van der Waals surface area contributed by atoms with Crippen LogP contribution in [0.1, 0.15) is 18.9 Å². The summed E-state index contributed by atoms with van der Waals surface area (Å²) in [6.07, 6.45) is -0.0552. The van der Waals surface area contributed by atoms with E-state index in [-0.39, 0.29) is 5.91 Å². The molecule has 0 saturated carbocycles. The van der Waals surface area contributed by atoms with Gasteiger partial charge in [-0.1, -0.05) is 6.07 Å². The van der Waals surface area contributed by atoms with Crippen molar-refractivity contribution in [2.24, 2.45) is 0 Å². The van der Waals surface area contributed by atoms with Gasteiger partial charge in [0, 0.05) is 25.2 Å². The molecule has 0 spiro atoms. The van der Waals surface area contributed by atoms with Crippen LogP contribution in [-0.2, 0) is 4.79 Å². The van der Waals surface area contributed by atoms with E-state index in [1.807, 2.05) is 18.0 Å². The van der Waals surface area contributed by atoms with Crippen LogP contribution in [0.3, 0.4) is 0 Å². The zero-order chi connectivity index (χ0) is 14.3. The van der Waals surface area contributed by atoms with Crippen LogP contribution in [-0.4, -0.2) is 42.2 Å². The Kier molecular flexibility index (Phi) is 6.00. The number of likely N-dealkylation sites (N-methyl/N-ethyl adjacent to an activating group) is 1. The van der Waals surface area contributed by atoms with Crippen molar-refractivity contribution in [3.05, 3.63) is 29.8 Å². The minimum Gasteiger partial charge on any atom is -0.392 e. The molecule has 0 aromatic heterocycles. The molecule has 0 radical (unpaired) electrons. The molecule has 0 aliphatic heterocycles. The Hall–Kier alpha value is -1.90. The average molecular weight is 261 g/mol. The van der Waals surface area contributed by atoms with Crippen molar-refractivity contribution >= 4 is 11.6 Å². The summed E-state index contributed by atoms with van der Waals surface area (Å²) >= 11 is 0. The highest BCUT2D eigenvalue weighted by atomic mass is 16.3. The van der Waals surface area contributed by atoms with E-state index >= 15 is 0 Å². The van der Waals surface area contributed by atoms with Gasteiger partial charge in [0.15, 0.2) is 0 Å². The lowest BCUT2D eigenvalue weighted by Crippen LogP contribution is -2.30. The van der Waals surface area contributed by atoms with Gasteiger partial charge in [0.2, 0.25) is 5.91 Å². The van der Waals surface area contributed by atoms with Crippen LogP contribution in [0.2, 0.25) is 0 Å². The van der Waals surface area contributed by atoms with Gasteiger partial charge < -0.3 is 15.3 Å². The van der Waals surface area contributed by atoms with E-state index in [1.54, 1.807) is 31.2 Å². The monoisotopic (exact) mass is 261 g/mol. The minimum atomic E-state index is -0.402. The quantitative estimate of drug-likeness (QED) is 0.806. The van der Waals surface area contributed by atoms with Crippen molar-refractivity contribution in [1.29, 1.82) is 5.26 Å². The standard InChI is InChI=1S/C14H19N3O2/c1-11(18)10-17(2)7-6-14(19)16-13-5-3-4-12(8-13)9-15/h3-5,8,11,18H,6-7,10H2,1-2H3,(H,16,19). The van der Waals surface area contributed by atoms with Crippen molar-refractivity contribution in [3.8, 4) is 6.07 Å². The van der Waals surface area contributed by atoms with Crippen LogP contribution in [0.5, 0.6) is 0 Å². The van der Waals surface area contributed by atoms with E-state index in [4.69, 9.17) is 5.26 Å². The van der Waals surface area contributed by atoms with E-state index in [2.05, 4.69) is 5.32 Å². The van der Waals surface area contributed by atoms with Gasteiger partial charge in [0.05, 0.1) is 17.7 Å². The van der Waals surface area contributed by atoms with Gasteiger partial charge in [-0.25, -0.2) is 0 Å². The Labute approximate surface area is 113 Å². The van der Waals surface area contributed by atoms with E-state index in [1.165, 1.54) is 0 Å². The lowest BCUT2D eigenvalue weighted by Gasteiger charge is -2.17. The molecule has 0 fully saturated rings.